The van der Waals surface area contributed by atoms with Crippen LogP contribution in [-0.2, 0) is 29.5 Å². The molecule has 1 aromatic heterocycles. The molecular weight excluding hydrogens is 718 g/mol. The number of aryl methyl sites for hydroxylation is 2. The molecule has 3 aliphatic rings. The summed E-state index contributed by atoms with van der Waals surface area (Å²) in [5, 5.41) is 25.6. The minimum Gasteiger partial charge on any atom is -0.493 e. The first-order valence-electron chi connectivity index (χ1n) is 21.0. The number of fused-ring (bicyclic) bond motifs is 3. The molecule has 56 heavy (non-hydrogen) atoms. The number of likely N-dealkylation sites (N-methyl/N-ethyl adjacent to an activating group) is 1. The van der Waals surface area contributed by atoms with Crippen LogP contribution in [-0.4, -0.2) is 58.4 Å². The number of benzene rings is 3. The monoisotopic (exact) mass is 777 g/mol. The molecule has 1 spiro atoms. The molecule has 7 nitrogen and oxygen atoms in total. The highest BCUT2D eigenvalue weighted by Crippen LogP contribution is 2.56. The Bertz CT molecular complexity index is 1940. The molecule has 8 heteroatoms. The van der Waals surface area contributed by atoms with E-state index < -0.39 is 11.5 Å². The number of halogens is 1. The van der Waals surface area contributed by atoms with E-state index in [-0.39, 0.29) is 18.1 Å². The fourth-order valence-corrected chi connectivity index (χ4v) is 10.5. The van der Waals surface area contributed by atoms with Gasteiger partial charge in [-0.25, -0.2) is 4.79 Å². The molecule has 0 aliphatic heterocycles. The number of carboxylic acid groups (broad SMARTS) is 1. The van der Waals surface area contributed by atoms with Gasteiger partial charge in [-0.3, -0.25) is 9.88 Å². The van der Waals surface area contributed by atoms with Crippen molar-refractivity contribution in [1.29, 1.82) is 0 Å². The van der Waals surface area contributed by atoms with Crippen molar-refractivity contribution in [3.8, 4) is 5.75 Å². The number of anilines is 1. The van der Waals surface area contributed by atoms with Crippen molar-refractivity contribution in [3.05, 3.63) is 124 Å². The summed E-state index contributed by atoms with van der Waals surface area (Å²) in [7, 11) is 2.13. The molecule has 7 rings (SSSR count). The van der Waals surface area contributed by atoms with Crippen LogP contribution in [0.4, 0.5) is 5.69 Å². The molecule has 0 radical (unpaired) electrons. The largest absolute Gasteiger partial charge is 0.493 e. The second-order valence-electron chi connectivity index (χ2n) is 17.2. The van der Waals surface area contributed by atoms with Crippen molar-refractivity contribution in [2.45, 2.75) is 114 Å². The molecule has 3 aromatic carbocycles. The SMILES string of the molecule is C[C@@H](COc1ccnc2c1[C@H](C)CCC2)C[C@H]1Cc2ccc(C(CO)N(C)CCCCc3ccccc3)cc2C12CCC(Nc1cccc(Cl)c1)(C(=O)O)CC2. The number of nitrogens with one attached hydrogen (secondary N) is 1. The third-order valence-corrected chi connectivity index (χ3v) is 13.7. The topological polar surface area (TPSA) is 94.9 Å². The number of aromatic nitrogens is 1. The number of carboxylic acids is 1. The molecule has 4 aromatic rings. The molecule has 1 heterocycles. The van der Waals surface area contributed by atoms with E-state index in [1.807, 2.05) is 36.5 Å². The lowest BCUT2D eigenvalue weighted by molar-refractivity contribution is -0.144. The van der Waals surface area contributed by atoms with Crippen molar-refractivity contribution >= 4 is 23.3 Å². The lowest BCUT2D eigenvalue weighted by Gasteiger charge is -2.47. The first-order valence-corrected chi connectivity index (χ1v) is 21.3. The normalized spacial score (nSPS) is 24.0. The smallest absolute Gasteiger partial charge is 0.329 e. The van der Waals surface area contributed by atoms with Gasteiger partial charge in [0.1, 0.15) is 11.3 Å². The molecule has 3 N–H and O–H groups in total. The maximum absolute atomic E-state index is 13.1. The number of aliphatic carboxylic acids is 1. The molecule has 1 saturated carbocycles. The summed E-state index contributed by atoms with van der Waals surface area (Å²) in [6.45, 7) is 6.17. The maximum atomic E-state index is 13.1. The summed E-state index contributed by atoms with van der Waals surface area (Å²) >= 11 is 6.33. The summed E-state index contributed by atoms with van der Waals surface area (Å²) in [6.07, 6.45) is 12.9. The first kappa shape index (κ1) is 40.3. The molecule has 1 fully saturated rings. The summed E-state index contributed by atoms with van der Waals surface area (Å²) in [4.78, 5) is 20.1. The molecular formula is C48H60ClN3O4. The Hall–Kier alpha value is -3.91. The van der Waals surface area contributed by atoms with E-state index in [1.165, 1.54) is 40.8 Å². The van der Waals surface area contributed by atoms with Gasteiger partial charge in [0.05, 0.1) is 19.3 Å². The highest BCUT2D eigenvalue weighted by atomic mass is 35.5. The van der Waals surface area contributed by atoms with E-state index in [4.69, 9.17) is 16.3 Å². The third kappa shape index (κ3) is 8.66. The zero-order valence-electron chi connectivity index (χ0n) is 33.5. The predicted molar refractivity (Wildman–Crippen MR) is 226 cm³/mol. The number of carbonyl (C=O) groups is 1. The summed E-state index contributed by atoms with van der Waals surface area (Å²) < 4.78 is 6.63. The Kier molecular flexibility index (Phi) is 12.7. The number of nitrogens with zero attached hydrogens (tertiary/aromatic N) is 2. The zero-order valence-corrected chi connectivity index (χ0v) is 34.2. The fraction of sp³-hybridized carbons (Fsp3) is 0.500. The third-order valence-electron chi connectivity index (χ3n) is 13.5. The maximum Gasteiger partial charge on any atom is 0.329 e. The molecule has 0 saturated heterocycles. The number of pyridine rings is 1. The Labute approximate surface area is 338 Å². The highest BCUT2D eigenvalue weighted by molar-refractivity contribution is 6.30. The van der Waals surface area contributed by atoms with Crippen LogP contribution in [0.25, 0.3) is 0 Å². The van der Waals surface area contributed by atoms with Crippen LogP contribution < -0.4 is 10.1 Å². The fourth-order valence-electron chi connectivity index (χ4n) is 10.3. The van der Waals surface area contributed by atoms with Crippen LogP contribution in [0.1, 0.15) is 117 Å². The van der Waals surface area contributed by atoms with Crippen LogP contribution >= 0.6 is 11.6 Å². The number of rotatable bonds is 16. The molecule has 298 valence electrons. The van der Waals surface area contributed by atoms with Crippen LogP contribution in [0.3, 0.4) is 0 Å². The summed E-state index contributed by atoms with van der Waals surface area (Å²) in [5.41, 5.74) is 7.15. The van der Waals surface area contributed by atoms with E-state index in [0.717, 1.165) is 74.9 Å². The van der Waals surface area contributed by atoms with Crippen LogP contribution in [0, 0.1) is 11.8 Å². The summed E-state index contributed by atoms with van der Waals surface area (Å²) in [6, 6.07) is 26.8. The van der Waals surface area contributed by atoms with E-state index in [2.05, 4.69) is 84.6 Å². The number of aliphatic hydroxyl groups is 1. The number of ether oxygens (including phenoxy) is 1. The highest BCUT2D eigenvalue weighted by Gasteiger charge is 2.54. The average Bonchev–Trinajstić information content (AvgIpc) is 3.48. The molecule has 1 unspecified atom stereocenters. The van der Waals surface area contributed by atoms with Crippen LogP contribution in [0.5, 0.6) is 5.75 Å². The second kappa shape index (κ2) is 17.7. The van der Waals surface area contributed by atoms with Gasteiger partial charge in [0.2, 0.25) is 0 Å². The molecule has 3 aliphatic carbocycles. The van der Waals surface area contributed by atoms with Crippen molar-refractivity contribution in [1.82, 2.24) is 9.88 Å². The Balaban J connectivity index is 1.11. The number of hydrogen-bond acceptors (Lipinski definition) is 6. The van der Waals surface area contributed by atoms with Crippen LogP contribution in [0.2, 0.25) is 5.02 Å². The van der Waals surface area contributed by atoms with E-state index in [1.54, 1.807) is 0 Å². The van der Waals surface area contributed by atoms with Gasteiger partial charge in [-0.1, -0.05) is 80.0 Å². The predicted octanol–water partition coefficient (Wildman–Crippen LogP) is 10.2. The van der Waals surface area contributed by atoms with E-state index in [0.29, 0.717) is 42.2 Å². The molecule has 0 bridgehead atoms. The van der Waals surface area contributed by atoms with Crippen molar-refractivity contribution in [2.24, 2.45) is 11.8 Å². The number of aliphatic hydroxyl groups excluding tert-OH is 1. The van der Waals surface area contributed by atoms with Crippen LogP contribution in [0.15, 0.2) is 85.1 Å². The van der Waals surface area contributed by atoms with E-state index >= 15 is 0 Å². The van der Waals surface area contributed by atoms with Gasteiger partial charge in [-0.2, -0.15) is 0 Å². The first-order chi connectivity index (χ1) is 27.1. The summed E-state index contributed by atoms with van der Waals surface area (Å²) in [5.74, 6) is 1.27. The van der Waals surface area contributed by atoms with E-state index in [9.17, 15) is 15.0 Å². The number of unbranched alkanes of at least 4 members (excludes halogenated alkanes) is 1. The van der Waals surface area contributed by atoms with Gasteiger partial charge in [0.25, 0.3) is 0 Å². The van der Waals surface area contributed by atoms with Gasteiger partial charge in [0.15, 0.2) is 0 Å². The number of hydrogen-bond donors (Lipinski definition) is 3. The average molecular weight is 778 g/mol. The molecule has 0 amide bonds. The Morgan fingerprint density at radius 3 is 2.59 bits per heavy atom. The lowest BCUT2D eigenvalue weighted by atomic mass is 9.59. The van der Waals surface area contributed by atoms with Crippen molar-refractivity contribution < 1.29 is 19.7 Å². The Morgan fingerprint density at radius 1 is 1.04 bits per heavy atom. The van der Waals surface area contributed by atoms with Gasteiger partial charge in [-0.05, 0) is 160 Å². The van der Waals surface area contributed by atoms with Crippen molar-refractivity contribution in [3.63, 3.8) is 0 Å². The van der Waals surface area contributed by atoms with Gasteiger partial charge in [-0.15, -0.1) is 0 Å². The quantitative estimate of drug-likeness (QED) is 0.0976. The Morgan fingerprint density at radius 2 is 1.84 bits per heavy atom. The van der Waals surface area contributed by atoms with Gasteiger partial charge < -0.3 is 20.3 Å². The molecule has 4 atom stereocenters. The lowest BCUT2D eigenvalue weighted by Crippen LogP contribution is -2.53. The van der Waals surface area contributed by atoms with Crippen molar-refractivity contribution in [2.75, 3.05) is 32.1 Å². The minimum absolute atomic E-state index is 0.0434. The second-order valence-corrected chi connectivity index (χ2v) is 17.7. The standard InChI is InChI=1S/C48H60ClN3O4/c1-33(32-56-44-20-25-50-42-17-9-11-34(2)45(42)44)27-38-28-36-18-19-37(43(31-53)52(3)26-8-7-14-35-12-5-4-6-13-35)29-41(36)47(38)21-23-48(24-22-47,46(54)55)51-40-16-10-15-39(49)30-40/h4-6,10,12-13,15-16,18-20,25,29-30,33-34,38,43,51,53H,7-9,11,14,17,21-24,26-28,31-32H2,1-3H3,(H,54,55)/t33-,34-,38+,43?,47?,48?/m1/s1. The van der Waals surface area contributed by atoms with Gasteiger partial charge in [0, 0.05) is 28.2 Å². The minimum atomic E-state index is -1.08. The zero-order chi connectivity index (χ0) is 39.3. The van der Waals surface area contributed by atoms with Gasteiger partial charge >= 0.3 is 5.97 Å².